The van der Waals surface area contributed by atoms with Crippen molar-refractivity contribution in [3.8, 4) is 6.07 Å². The molecule has 0 saturated carbocycles. The van der Waals surface area contributed by atoms with E-state index in [9.17, 15) is 0 Å². The van der Waals surface area contributed by atoms with Crippen LogP contribution in [0.15, 0.2) is 42.1 Å². The number of hydrogen-bond donors (Lipinski definition) is 2. The number of benzene rings is 1. The first-order valence-corrected chi connectivity index (χ1v) is 4.36. The molecule has 0 aliphatic heterocycles. The number of nitrogens with two attached hydrogens (primary N) is 1. The Morgan fingerprint density at radius 1 is 1.43 bits per heavy atom. The Bertz CT molecular complexity index is 390. The number of rotatable bonds is 3. The molecule has 70 valence electrons. The zero-order valence-electron chi connectivity index (χ0n) is 7.40. The lowest BCUT2D eigenvalue weighted by molar-refractivity contribution is 1.49. The Morgan fingerprint density at radius 2 is 2.07 bits per heavy atom. The van der Waals surface area contributed by atoms with Crippen molar-refractivity contribution in [2.45, 2.75) is 0 Å². The number of para-hydroxylation sites is 1. The number of nitriles is 1. The summed E-state index contributed by atoms with van der Waals surface area (Å²) >= 11 is 4.68. The molecule has 1 aromatic rings. The zero-order valence-corrected chi connectivity index (χ0v) is 8.21. The number of thiocarbonyl (C=S) groups is 1. The molecule has 0 aliphatic carbocycles. The van der Waals surface area contributed by atoms with Crippen LogP contribution in [0.3, 0.4) is 0 Å². The molecule has 14 heavy (non-hydrogen) atoms. The van der Waals surface area contributed by atoms with Crippen LogP contribution in [-0.2, 0) is 0 Å². The standard InChI is InChI=1S/C10H9N3S/c11-6-8(10(12)14)7-13-9-4-2-1-3-5-9/h1-5,7,13H,(H2,12,14)/b8-7+. The van der Waals surface area contributed by atoms with Crippen molar-refractivity contribution in [3.05, 3.63) is 42.1 Å². The maximum Gasteiger partial charge on any atom is 0.116 e. The molecule has 3 nitrogen and oxygen atoms in total. The van der Waals surface area contributed by atoms with Crippen LogP contribution in [-0.4, -0.2) is 4.99 Å². The molecule has 0 aliphatic rings. The molecular formula is C10H9N3S. The molecule has 0 spiro atoms. The van der Waals surface area contributed by atoms with Crippen molar-refractivity contribution in [2.75, 3.05) is 5.32 Å². The summed E-state index contributed by atoms with van der Waals surface area (Å²) in [5.74, 6) is 0. The minimum absolute atomic E-state index is 0.0935. The lowest BCUT2D eigenvalue weighted by Gasteiger charge is -2.00. The van der Waals surface area contributed by atoms with E-state index in [1.807, 2.05) is 36.4 Å². The molecule has 4 heteroatoms. The fraction of sp³-hybridized carbons (Fsp3) is 0. The van der Waals surface area contributed by atoms with E-state index in [1.54, 1.807) is 0 Å². The van der Waals surface area contributed by atoms with Gasteiger partial charge in [-0.2, -0.15) is 5.26 Å². The van der Waals surface area contributed by atoms with E-state index in [4.69, 9.17) is 11.0 Å². The van der Waals surface area contributed by atoms with Crippen LogP contribution in [0.25, 0.3) is 0 Å². The van der Waals surface area contributed by atoms with Gasteiger partial charge < -0.3 is 11.1 Å². The summed E-state index contributed by atoms with van der Waals surface area (Å²) < 4.78 is 0. The third-order valence-electron chi connectivity index (χ3n) is 1.54. The van der Waals surface area contributed by atoms with E-state index >= 15 is 0 Å². The van der Waals surface area contributed by atoms with Gasteiger partial charge in [-0.3, -0.25) is 0 Å². The SMILES string of the molecule is N#C/C(=C\Nc1ccccc1)C(N)=S. The lowest BCUT2D eigenvalue weighted by atomic mass is 10.3. The highest BCUT2D eigenvalue weighted by Gasteiger charge is 1.97. The predicted molar refractivity (Wildman–Crippen MR) is 60.5 cm³/mol. The quantitative estimate of drug-likeness (QED) is 0.446. The Morgan fingerprint density at radius 3 is 2.57 bits per heavy atom. The Balaban J connectivity index is 2.73. The largest absolute Gasteiger partial charge is 0.389 e. The highest BCUT2D eigenvalue weighted by molar-refractivity contribution is 7.80. The third-order valence-corrected chi connectivity index (χ3v) is 1.76. The first kappa shape index (κ1) is 10.2. The van der Waals surface area contributed by atoms with Crippen LogP contribution in [0.5, 0.6) is 0 Å². The molecule has 0 aromatic heterocycles. The summed E-state index contributed by atoms with van der Waals surface area (Å²) in [5.41, 5.74) is 6.47. The topological polar surface area (TPSA) is 61.8 Å². The predicted octanol–water partition coefficient (Wildman–Crippen LogP) is 1.79. The van der Waals surface area contributed by atoms with Gasteiger partial charge >= 0.3 is 0 Å². The second-order valence-electron chi connectivity index (χ2n) is 2.54. The summed E-state index contributed by atoms with van der Waals surface area (Å²) in [5, 5.41) is 11.6. The summed E-state index contributed by atoms with van der Waals surface area (Å²) in [6.45, 7) is 0. The van der Waals surface area contributed by atoms with Crippen LogP contribution < -0.4 is 11.1 Å². The molecule has 3 N–H and O–H groups in total. The Hall–Kier alpha value is -1.86. The molecular weight excluding hydrogens is 194 g/mol. The molecule has 0 heterocycles. The van der Waals surface area contributed by atoms with Crippen LogP contribution in [0.1, 0.15) is 0 Å². The summed E-state index contributed by atoms with van der Waals surface area (Å²) in [6.07, 6.45) is 1.50. The molecule has 0 radical (unpaired) electrons. The van der Waals surface area contributed by atoms with Gasteiger partial charge in [0, 0.05) is 11.9 Å². The third kappa shape index (κ3) is 2.88. The average Bonchev–Trinajstić information content (AvgIpc) is 2.20. The van der Waals surface area contributed by atoms with E-state index in [-0.39, 0.29) is 10.6 Å². The van der Waals surface area contributed by atoms with Crippen molar-refractivity contribution < 1.29 is 0 Å². The highest BCUT2D eigenvalue weighted by Crippen LogP contribution is 2.05. The summed E-state index contributed by atoms with van der Waals surface area (Å²) in [7, 11) is 0. The Labute approximate surface area is 87.8 Å². The molecule has 1 aromatic carbocycles. The smallest absolute Gasteiger partial charge is 0.116 e. The summed E-state index contributed by atoms with van der Waals surface area (Å²) in [6, 6.07) is 11.4. The fourth-order valence-corrected chi connectivity index (χ4v) is 0.953. The minimum Gasteiger partial charge on any atom is -0.389 e. The Kier molecular flexibility index (Phi) is 3.65. The molecule has 0 unspecified atom stereocenters. The van der Waals surface area contributed by atoms with E-state index < -0.39 is 0 Å². The van der Waals surface area contributed by atoms with Gasteiger partial charge in [0.2, 0.25) is 0 Å². The normalized spacial score (nSPS) is 10.4. The van der Waals surface area contributed by atoms with Crippen LogP contribution in [0.2, 0.25) is 0 Å². The van der Waals surface area contributed by atoms with Gasteiger partial charge in [-0.05, 0) is 12.1 Å². The van der Waals surface area contributed by atoms with Crippen LogP contribution in [0, 0.1) is 11.3 Å². The molecule has 0 saturated heterocycles. The number of hydrogen-bond acceptors (Lipinski definition) is 3. The van der Waals surface area contributed by atoms with Crippen molar-refractivity contribution >= 4 is 22.9 Å². The van der Waals surface area contributed by atoms with Gasteiger partial charge in [0.1, 0.15) is 16.6 Å². The monoisotopic (exact) mass is 203 g/mol. The molecule has 0 atom stereocenters. The maximum absolute atomic E-state index is 8.65. The van der Waals surface area contributed by atoms with Gasteiger partial charge in [-0.15, -0.1) is 0 Å². The number of anilines is 1. The highest BCUT2D eigenvalue weighted by atomic mass is 32.1. The van der Waals surface area contributed by atoms with E-state index in [2.05, 4.69) is 17.5 Å². The van der Waals surface area contributed by atoms with Crippen molar-refractivity contribution in [1.82, 2.24) is 0 Å². The van der Waals surface area contributed by atoms with Gasteiger partial charge in [0.15, 0.2) is 0 Å². The van der Waals surface area contributed by atoms with E-state index in [0.29, 0.717) is 0 Å². The minimum atomic E-state index is 0.0935. The number of nitrogens with zero attached hydrogens (tertiary/aromatic N) is 1. The van der Waals surface area contributed by atoms with Crippen LogP contribution >= 0.6 is 12.2 Å². The zero-order chi connectivity index (χ0) is 10.4. The molecule has 0 bridgehead atoms. The summed E-state index contributed by atoms with van der Waals surface area (Å²) in [4.78, 5) is 0.0935. The second kappa shape index (κ2) is 5.00. The van der Waals surface area contributed by atoms with Gasteiger partial charge in [0.25, 0.3) is 0 Å². The van der Waals surface area contributed by atoms with Crippen molar-refractivity contribution in [3.63, 3.8) is 0 Å². The first-order chi connectivity index (χ1) is 6.74. The molecule has 1 rings (SSSR count). The lowest BCUT2D eigenvalue weighted by Crippen LogP contribution is -2.11. The molecule has 0 amide bonds. The van der Waals surface area contributed by atoms with Crippen molar-refractivity contribution in [1.29, 1.82) is 5.26 Å². The van der Waals surface area contributed by atoms with Gasteiger partial charge in [-0.25, -0.2) is 0 Å². The van der Waals surface area contributed by atoms with Gasteiger partial charge in [0.05, 0.1) is 0 Å². The van der Waals surface area contributed by atoms with Gasteiger partial charge in [-0.1, -0.05) is 30.4 Å². The van der Waals surface area contributed by atoms with E-state index in [1.165, 1.54) is 6.20 Å². The average molecular weight is 203 g/mol. The molecule has 0 fully saturated rings. The first-order valence-electron chi connectivity index (χ1n) is 3.95. The number of nitrogens with one attached hydrogen (secondary N) is 1. The second-order valence-corrected chi connectivity index (χ2v) is 2.98. The van der Waals surface area contributed by atoms with Crippen LogP contribution in [0.4, 0.5) is 5.69 Å². The van der Waals surface area contributed by atoms with E-state index in [0.717, 1.165) is 5.69 Å². The fourth-order valence-electron chi connectivity index (χ4n) is 0.848. The van der Waals surface area contributed by atoms with Crippen molar-refractivity contribution in [2.24, 2.45) is 5.73 Å². The maximum atomic E-state index is 8.65.